The Kier molecular flexibility index (Phi) is 8.01. The number of aliphatic hydroxyl groups excluding tert-OH is 1. The maximum absolute atomic E-state index is 11.3. The maximum atomic E-state index is 11.3. The summed E-state index contributed by atoms with van der Waals surface area (Å²) in [6, 6.07) is 0. The van der Waals surface area contributed by atoms with E-state index in [0.29, 0.717) is 6.42 Å². The van der Waals surface area contributed by atoms with Crippen LogP contribution in [0.4, 0.5) is 0 Å². The molecule has 0 fully saturated rings. The maximum Gasteiger partial charge on any atom is 0.294 e. The second-order valence-electron chi connectivity index (χ2n) is 5.93. The van der Waals surface area contributed by atoms with Crippen molar-refractivity contribution in [1.29, 1.82) is 0 Å². The summed E-state index contributed by atoms with van der Waals surface area (Å²) < 4.78 is 0. The summed E-state index contributed by atoms with van der Waals surface area (Å²) in [6.45, 7) is 2.21. The molecule has 0 aliphatic heterocycles. The molecule has 21 heavy (non-hydrogen) atoms. The van der Waals surface area contributed by atoms with Crippen LogP contribution in [0.15, 0.2) is 11.5 Å². The Balaban J connectivity index is 2.13. The molecule has 0 spiro atoms. The molecule has 0 amide bonds. The van der Waals surface area contributed by atoms with Crippen LogP contribution < -0.4 is 0 Å². The number of hydrogen-bond donors (Lipinski definition) is 1. The topological polar surface area (TPSA) is 80.4 Å². The first-order valence-electron chi connectivity index (χ1n) is 8.18. The normalized spacial score (nSPS) is 18.5. The van der Waals surface area contributed by atoms with Gasteiger partial charge in [0.25, 0.3) is 5.70 Å². The minimum absolute atomic E-state index is 0.0964. The standard InChI is InChI=1S/C16H27NO4/c1-2-3-4-5-6-7-8-9-10-11-13-12-14(18)16(19)15(13)17(20)21/h13,19H,2-12H2,1H3/t13-/m0/s1. The molecule has 1 aliphatic rings. The van der Waals surface area contributed by atoms with E-state index in [0.717, 1.165) is 19.3 Å². The average Bonchev–Trinajstić information content (AvgIpc) is 2.72. The fourth-order valence-corrected chi connectivity index (χ4v) is 2.93. The SMILES string of the molecule is CCCCCCCCCCC[C@H]1CC(=O)C(O)=C1[N+](=O)[O-]. The predicted molar refractivity (Wildman–Crippen MR) is 81.6 cm³/mol. The van der Waals surface area contributed by atoms with Crippen LogP contribution in [-0.2, 0) is 4.79 Å². The molecule has 0 aromatic carbocycles. The summed E-state index contributed by atoms with van der Waals surface area (Å²) in [6.07, 6.45) is 11.5. The fourth-order valence-electron chi connectivity index (χ4n) is 2.93. The third-order valence-electron chi connectivity index (χ3n) is 4.18. The highest BCUT2D eigenvalue weighted by Gasteiger charge is 2.40. The van der Waals surface area contributed by atoms with Crippen LogP contribution >= 0.6 is 0 Å². The van der Waals surface area contributed by atoms with E-state index in [9.17, 15) is 20.0 Å². The number of aliphatic hydroxyl groups is 1. The molecule has 0 heterocycles. The van der Waals surface area contributed by atoms with Crippen molar-refractivity contribution in [3.8, 4) is 0 Å². The van der Waals surface area contributed by atoms with E-state index in [4.69, 9.17) is 0 Å². The monoisotopic (exact) mass is 297 g/mol. The molecule has 0 aromatic heterocycles. The van der Waals surface area contributed by atoms with Gasteiger partial charge in [0, 0.05) is 6.42 Å². The molecular weight excluding hydrogens is 270 g/mol. The lowest BCUT2D eigenvalue weighted by Gasteiger charge is -2.07. The van der Waals surface area contributed by atoms with E-state index in [2.05, 4.69) is 6.92 Å². The van der Waals surface area contributed by atoms with Crippen molar-refractivity contribution in [1.82, 2.24) is 0 Å². The molecule has 0 bridgehead atoms. The van der Waals surface area contributed by atoms with Crippen molar-refractivity contribution in [2.45, 2.75) is 77.6 Å². The average molecular weight is 297 g/mol. The number of carbonyl (C=O) groups is 1. The number of nitrogens with zero attached hydrogens (tertiary/aromatic N) is 1. The summed E-state index contributed by atoms with van der Waals surface area (Å²) >= 11 is 0. The van der Waals surface area contributed by atoms with Crippen LogP contribution in [-0.4, -0.2) is 15.8 Å². The second-order valence-corrected chi connectivity index (χ2v) is 5.93. The van der Waals surface area contributed by atoms with Gasteiger partial charge in [-0.2, -0.15) is 0 Å². The second kappa shape index (κ2) is 9.53. The highest BCUT2D eigenvalue weighted by Crippen LogP contribution is 2.32. The summed E-state index contributed by atoms with van der Waals surface area (Å²) in [5.41, 5.74) is -0.264. The third-order valence-corrected chi connectivity index (χ3v) is 4.18. The van der Waals surface area contributed by atoms with Crippen LogP contribution in [0.2, 0.25) is 0 Å². The Hall–Kier alpha value is -1.39. The number of allylic oxidation sites excluding steroid dienone is 2. The number of carbonyl (C=O) groups excluding carboxylic acids is 1. The van der Waals surface area contributed by atoms with Crippen LogP contribution in [0.3, 0.4) is 0 Å². The van der Waals surface area contributed by atoms with E-state index in [1.165, 1.54) is 38.5 Å². The minimum Gasteiger partial charge on any atom is -0.500 e. The smallest absolute Gasteiger partial charge is 0.294 e. The van der Waals surface area contributed by atoms with Gasteiger partial charge in [0.05, 0.1) is 10.8 Å². The molecule has 1 aliphatic carbocycles. The first kappa shape index (κ1) is 17.7. The van der Waals surface area contributed by atoms with Crippen molar-refractivity contribution in [2.24, 2.45) is 5.92 Å². The number of nitro groups is 1. The van der Waals surface area contributed by atoms with Gasteiger partial charge in [-0.25, -0.2) is 0 Å². The van der Waals surface area contributed by atoms with Gasteiger partial charge in [0.15, 0.2) is 0 Å². The highest BCUT2D eigenvalue weighted by atomic mass is 16.6. The van der Waals surface area contributed by atoms with Gasteiger partial charge in [-0.3, -0.25) is 14.9 Å². The fraction of sp³-hybridized carbons (Fsp3) is 0.812. The van der Waals surface area contributed by atoms with Gasteiger partial charge < -0.3 is 5.11 Å². The molecule has 0 saturated carbocycles. The first-order valence-corrected chi connectivity index (χ1v) is 8.18. The van der Waals surface area contributed by atoms with Crippen molar-refractivity contribution < 1.29 is 14.8 Å². The van der Waals surface area contributed by atoms with Crippen molar-refractivity contribution >= 4 is 5.78 Å². The van der Waals surface area contributed by atoms with Crippen LogP contribution in [0.1, 0.15) is 77.6 Å². The third kappa shape index (κ3) is 5.86. The molecule has 120 valence electrons. The van der Waals surface area contributed by atoms with Gasteiger partial charge >= 0.3 is 0 Å². The lowest BCUT2D eigenvalue weighted by molar-refractivity contribution is -0.435. The summed E-state index contributed by atoms with van der Waals surface area (Å²) in [7, 11) is 0. The lowest BCUT2D eigenvalue weighted by atomic mass is 9.97. The summed E-state index contributed by atoms with van der Waals surface area (Å²) in [5.74, 6) is -1.50. The van der Waals surface area contributed by atoms with Crippen molar-refractivity contribution in [3.05, 3.63) is 21.6 Å². The zero-order valence-corrected chi connectivity index (χ0v) is 13.0. The predicted octanol–water partition coefficient (Wildman–Crippen LogP) is 4.54. The summed E-state index contributed by atoms with van der Waals surface area (Å²) in [5, 5.41) is 20.3. The lowest BCUT2D eigenvalue weighted by Crippen LogP contribution is -2.09. The quantitative estimate of drug-likeness (QED) is 0.345. The number of ketones is 1. The number of Topliss-reactive ketones (excluding diaryl/α,β-unsaturated/α-hetero) is 1. The molecule has 0 radical (unpaired) electrons. The first-order chi connectivity index (χ1) is 10.1. The molecule has 5 heteroatoms. The molecule has 1 N–H and O–H groups in total. The van der Waals surface area contributed by atoms with E-state index >= 15 is 0 Å². The van der Waals surface area contributed by atoms with Crippen LogP contribution in [0.25, 0.3) is 0 Å². The Morgan fingerprint density at radius 1 is 1.10 bits per heavy atom. The van der Waals surface area contributed by atoms with Crippen molar-refractivity contribution in [3.63, 3.8) is 0 Å². The van der Waals surface area contributed by atoms with Crippen LogP contribution in [0.5, 0.6) is 0 Å². The Bertz CT molecular complexity index is 390. The van der Waals surface area contributed by atoms with Gasteiger partial charge in [0.1, 0.15) is 0 Å². The highest BCUT2D eigenvalue weighted by molar-refractivity contribution is 5.96. The molecule has 1 rings (SSSR count). The molecule has 5 nitrogen and oxygen atoms in total. The van der Waals surface area contributed by atoms with Gasteiger partial charge in [-0.05, 0) is 6.42 Å². The summed E-state index contributed by atoms with van der Waals surface area (Å²) in [4.78, 5) is 21.6. The molecule has 0 saturated heterocycles. The largest absolute Gasteiger partial charge is 0.500 e. The minimum atomic E-state index is -0.624. The van der Waals surface area contributed by atoms with E-state index in [1.807, 2.05) is 0 Å². The van der Waals surface area contributed by atoms with E-state index in [1.54, 1.807) is 0 Å². The van der Waals surface area contributed by atoms with Gasteiger partial charge in [-0.1, -0.05) is 64.7 Å². The van der Waals surface area contributed by atoms with Crippen molar-refractivity contribution in [2.75, 3.05) is 0 Å². The number of hydrogen-bond acceptors (Lipinski definition) is 4. The molecule has 1 atom stereocenters. The number of rotatable bonds is 11. The van der Waals surface area contributed by atoms with Gasteiger partial charge in [-0.15, -0.1) is 0 Å². The molecule has 0 unspecified atom stereocenters. The Morgan fingerprint density at radius 2 is 1.62 bits per heavy atom. The zero-order valence-electron chi connectivity index (χ0n) is 13.0. The Morgan fingerprint density at radius 3 is 2.14 bits per heavy atom. The Labute approximate surface area is 126 Å². The van der Waals surface area contributed by atoms with Gasteiger partial charge in [0.2, 0.25) is 11.5 Å². The molecular formula is C16H27NO4. The van der Waals surface area contributed by atoms with E-state index in [-0.39, 0.29) is 12.1 Å². The molecule has 0 aromatic rings. The number of unbranched alkanes of at least 4 members (excludes halogenated alkanes) is 8. The van der Waals surface area contributed by atoms with E-state index < -0.39 is 22.4 Å². The zero-order chi connectivity index (χ0) is 15.7. The van der Waals surface area contributed by atoms with Crippen LogP contribution in [0, 0.1) is 16.0 Å².